The van der Waals surface area contributed by atoms with Gasteiger partial charge >= 0.3 is 0 Å². The second-order valence-electron chi connectivity index (χ2n) is 14.9. The molecule has 2 aliphatic rings. The molecule has 0 atom stereocenters. The Morgan fingerprint density at radius 2 is 0.754 bits per heavy atom. The van der Waals surface area contributed by atoms with E-state index in [1.54, 1.807) is 0 Å². The summed E-state index contributed by atoms with van der Waals surface area (Å²) in [6.45, 7) is 0.00895. The van der Waals surface area contributed by atoms with Crippen LogP contribution in [0.2, 0.25) is 0 Å². The average molecular weight is 725 g/mol. The third kappa shape index (κ3) is 5.51. The molecule has 2 heterocycles. The summed E-state index contributed by atoms with van der Waals surface area (Å²) >= 11 is 0. The largest absolute Gasteiger partial charge is 0.311 e. The van der Waals surface area contributed by atoms with Crippen LogP contribution in [0.15, 0.2) is 224 Å². The Bertz CT molecular complexity index is 2890. The Kier molecular flexibility index (Phi) is 7.96. The van der Waals surface area contributed by atoms with Crippen molar-refractivity contribution in [2.75, 3.05) is 9.80 Å². The van der Waals surface area contributed by atoms with Crippen LogP contribution in [-0.2, 0) is 0 Å². The topological polar surface area (TPSA) is 6.48 Å². The lowest BCUT2D eigenvalue weighted by Crippen LogP contribution is -2.61. The highest BCUT2D eigenvalue weighted by atomic mass is 15.2. The highest BCUT2D eigenvalue weighted by Crippen LogP contribution is 2.49. The van der Waals surface area contributed by atoms with Crippen LogP contribution in [0, 0.1) is 0 Å². The Morgan fingerprint density at radius 1 is 0.281 bits per heavy atom. The summed E-state index contributed by atoms with van der Waals surface area (Å²) in [5.74, 6) is 0. The second kappa shape index (κ2) is 13.7. The van der Waals surface area contributed by atoms with Gasteiger partial charge in [-0.2, -0.15) is 0 Å². The lowest BCUT2D eigenvalue weighted by atomic mass is 9.33. The van der Waals surface area contributed by atoms with Crippen LogP contribution in [0.4, 0.5) is 34.1 Å². The van der Waals surface area contributed by atoms with Crippen molar-refractivity contribution in [3.05, 3.63) is 224 Å². The Hall–Kier alpha value is -7.36. The van der Waals surface area contributed by atoms with Crippen molar-refractivity contribution in [1.82, 2.24) is 0 Å². The van der Waals surface area contributed by atoms with E-state index in [0.717, 1.165) is 11.4 Å². The van der Waals surface area contributed by atoms with Gasteiger partial charge in [-0.3, -0.25) is 0 Å². The molecule has 0 bridgehead atoms. The molecule has 2 nitrogen and oxygen atoms in total. The van der Waals surface area contributed by atoms with Crippen LogP contribution in [-0.4, -0.2) is 6.71 Å². The van der Waals surface area contributed by atoms with E-state index >= 15 is 0 Å². The van der Waals surface area contributed by atoms with Gasteiger partial charge in [0.15, 0.2) is 0 Å². The highest BCUT2D eigenvalue weighted by molar-refractivity contribution is 7.00. The molecule has 0 N–H and O–H groups in total. The standard InChI is InChI=1S/C54H37BN2/c1-5-17-38(18-6-1)40-31-34-44(35-32-40)56-50-29-16-30-51-53(50)55(47-36-33-43(37-52(47)56)39-19-7-2-8-20-39)48-27-15-26-46(42-23-11-4-12-24-42)54(48)57(51)49-28-14-13-25-45(49)41-21-9-3-10-22-41/h1-37H. The van der Waals surface area contributed by atoms with E-state index in [4.69, 9.17) is 0 Å². The van der Waals surface area contributed by atoms with E-state index in [-0.39, 0.29) is 6.71 Å². The molecule has 9 aromatic rings. The summed E-state index contributed by atoms with van der Waals surface area (Å²) in [5.41, 5.74) is 20.6. The molecule has 11 rings (SSSR count). The fourth-order valence-corrected chi connectivity index (χ4v) is 9.13. The summed E-state index contributed by atoms with van der Waals surface area (Å²) in [4.78, 5) is 5.05. The van der Waals surface area contributed by atoms with Gasteiger partial charge in [0.25, 0.3) is 6.71 Å². The normalized spacial score (nSPS) is 12.5. The van der Waals surface area contributed by atoms with E-state index in [2.05, 4.69) is 234 Å². The maximum atomic E-state index is 2.55. The Balaban J connectivity index is 1.20. The number of para-hydroxylation sites is 2. The van der Waals surface area contributed by atoms with Crippen molar-refractivity contribution < 1.29 is 0 Å². The SMILES string of the molecule is c1ccc(-c2ccc(N3c4cc(-c5ccccc5)ccc4B4c5cccc(-c6ccccc6)c5N(c5ccccc5-c5ccccc5)c5cccc3c54)cc2)cc1. The summed E-state index contributed by atoms with van der Waals surface area (Å²) in [7, 11) is 0. The number of rotatable bonds is 6. The van der Waals surface area contributed by atoms with Gasteiger partial charge in [-0.1, -0.05) is 188 Å². The van der Waals surface area contributed by atoms with Crippen LogP contribution >= 0.6 is 0 Å². The van der Waals surface area contributed by atoms with Gasteiger partial charge < -0.3 is 9.80 Å². The van der Waals surface area contributed by atoms with E-state index in [0.29, 0.717) is 0 Å². The number of nitrogens with zero attached hydrogens (tertiary/aromatic N) is 2. The molecule has 57 heavy (non-hydrogen) atoms. The molecule has 266 valence electrons. The molecule has 0 spiro atoms. The van der Waals surface area contributed by atoms with Gasteiger partial charge in [0, 0.05) is 39.6 Å². The second-order valence-corrected chi connectivity index (χ2v) is 14.9. The van der Waals surface area contributed by atoms with Gasteiger partial charge in [0.05, 0.1) is 5.69 Å². The molecule has 0 radical (unpaired) electrons. The van der Waals surface area contributed by atoms with Crippen molar-refractivity contribution in [2.24, 2.45) is 0 Å². The molecule has 0 saturated carbocycles. The summed E-state index contributed by atoms with van der Waals surface area (Å²) in [5, 5.41) is 0. The monoisotopic (exact) mass is 724 g/mol. The molecule has 0 aliphatic carbocycles. The lowest BCUT2D eigenvalue weighted by molar-refractivity contribution is 1.25. The number of hydrogen-bond acceptors (Lipinski definition) is 2. The quantitative estimate of drug-likeness (QED) is 0.158. The van der Waals surface area contributed by atoms with E-state index < -0.39 is 0 Å². The van der Waals surface area contributed by atoms with Crippen molar-refractivity contribution in [3.8, 4) is 44.5 Å². The molecule has 0 unspecified atom stereocenters. The predicted octanol–water partition coefficient (Wildman–Crippen LogP) is 12.4. The maximum absolute atomic E-state index is 2.55. The zero-order valence-electron chi connectivity index (χ0n) is 31.3. The van der Waals surface area contributed by atoms with E-state index in [9.17, 15) is 0 Å². The first kappa shape index (κ1) is 33.0. The lowest BCUT2D eigenvalue weighted by Gasteiger charge is -2.45. The van der Waals surface area contributed by atoms with Crippen molar-refractivity contribution in [2.45, 2.75) is 0 Å². The minimum atomic E-state index is 0.00895. The van der Waals surface area contributed by atoms with Gasteiger partial charge in [0.2, 0.25) is 0 Å². The molecular weight excluding hydrogens is 687 g/mol. The number of anilines is 6. The third-order valence-electron chi connectivity index (χ3n) is 11.7. The molecular formula is C54H37BN2. The maximum Gasteiger partial charge on any atom is 0.252 e. The zero-order valence-corrected chi connectivity index (χ0v) is 31.3. The number of hydrogen-bond donors (Lipinski definition) is 0. The van der Waals surface area contributed by atoms with Crippen LogP contribution in [0.1, 0.15) is 0 Å². The minimum Gasteiger partial charge on any atom is -0.311 e. The van der Waals surface area contributed by atoms with Gasteiger partial charge in [-0.05, 0) is 86.2 Å². The van der Waals surface area contributed by atoms with Crippen LogP contribution < -0.4 is 26.2 Å². The van der Waals surface area contributed by atoms with Crippen LogP contribution in [0.3, 0.4) is 0 Å². The smallest absolute Gasteiger partial charge is 0.252 e. The molecule has 9 aromatic carbocycles. The minimum absolute atomic E-state index is 0.00895. The molecule has 0 fully saturated rings. The average Bonchev–Trinajstić information content (AvgIpc) is 3.30. The van der Waals surface area contributed by atoms with Crippen molar-refractivity contribution in [1.29, 1.82) is 0 Å². The first-order valence-electron chi connectivity index (χ1n) is 19.7. The van der Waals surface area contributed by atoms with Crippen LogP contribution in [0.5, 0.6) is 0 Å². The molecule has 0 saturated heterocycles. The first-order valence-corrected chi connectivity index (χ1v) is 19.7. The summed E-state index contributed by atoms with van der Waals surface area (Å²) in [6, 6.07) is 82.0. The van der Waals surface area contributed by atoms with Gasteiger partial charge in [-0.15, -0.1) is 0 Å². The summed E-state index contributed by atoms with van der Waals surface area (Å²) in [6.07, 6.45) is 0. The van der Waals surface area contributed by atoms with E-state index in [1.165, 1.54) is 83.6 Å². The first-order chi connectivity index (χ1) is 28.3. The summed E-state index contributed by atoms with van der Waals surface area (Å²) < 4.78 is 0. The van der Waals surface area contributed by atoms with E-state index in [1.807, 2.05) is 0 Å². The molecule has 3 heteroatoms. The molecule has 0 aromatic heterocycles. The Morgan fingerprint density at radius 3 is 1.42 bits per heavy atom. The zero-order chi connectivity index (χ0) is 37.7. The number of fused-ring (bicyclic) bond motifs is 4. The van der Waals surface area contributed by atoms with Crippen LogP contribution in [0.25, 0.3) is 44.5 Å². The third-order valence-corrected chi connectivity index (χ3v) is 11.7. The van der Waals surface area contributed by atoms with Crippen molar-refractivity contribution in [3.63, 3.8) is 0 Å². The molecule has 0 amide bonds. The van der Waals surface area contributed by atoms with Gasteiger partial charge in [-0.25, -0.2) is 0 Å². The fraction of sp³-hybridized carbons (Fsp3) is 0. The van der Waals surface area contributed by atoms with Crippen molar-refractivity contribution >= 4 is 57.2 Å². The highest BCUT2D eigenvalue weighted by Gasteiger charge is 2.44. The van der Waals surface area contributed by atoms with Gasteiger partial charge in [0.1, 0.15) is 0 Å². The fourth-order valence-electron chi connectivity index (χ4n) is 9.13. The Labute approximate surface area is 334 Å². The number of benzene rings is 9. The molecule has 2 aliphatic heterocycles. The predicted molar refractivity (Wildman–Crippen MR) is 242 cm³/mol.